The van der Waals surface area contributed by atoms with Crippen molar-refractivity contribution in [2.45, 2.75) is 24.5 Å². The molecule has 0 aliphatic carbocycles. The maximum Gasteiger partial charge on any atom is 0.319 e. The van der Waals surface area contributed by atoms with Gasteiger partial charge >= 0.3 is 6.03 Å². The standard InChI is InChI=1S/C18H22N2O3S/c1-14(11-21)19-18(22)20-17-9-5-8-16(10-17)13-24(23)12-15-6-3-2-4-7-15/h2-10,14,21H,11-13H2,1H3,(H2,19,20,22)/t14-,24+/m0/s1. The van der Waals surface area contributed by atoms with Gasteiger partial charge in [0.15, 0.2) is 0 Å². The number of carbonyl (C=O) groups is 1. The zero-order chi connectivity index (χ0) is 17.4. The van der Waals surface area contributed by atoms with Gasteiger partial charge < -0.3 is 15.7 Å². The Morgan fingerprint density at radius 1 is 1.08 bits per heavy atom. The van der Waals surface area contributed by atoms with Crippen LogP contribution >= 0.6 is 0 Å². The molecule has 2 aromatic carbocycles. The lowest BCUT2D eigenvalue weighted by molar-refractivity contribution is 0.229. The van der Waals surface area contributed by atoms with Crippen LogP contribution in [-0.4, -0.2) is 28.0 Å². The Bertz CT molecular complexity index is 692. The van der Waals surface area contributed by atoms with E-state index >= 15 is 0 Å². The highest BCUT2D eigenvalue weighted by Crippen LogP contribution is 2.14. The number of rotatable bonds is 7. The lowest BCUT2D eigenvalue weighted by Crippen LogP contribution is -2.38. The predicted molar refractivity (Wildman–Crippen MR) is 97.1 cm³/mol. The minimum Gasteiger partial charge on any atom is -0.394 e. The number of hydrogen-bond donors (Lipinski definition) is 3. The Balaban J connectivity index is 1.92. The summed E-state index contributed by atoms with van der Waals surface area (Å²) < 4.78 is 12.3. The molecule has 0 saturated heterocycles. The lowest BCUT2D eigenvalue weighted by Gasteiger charge is -2.12. The average molecular weight is 346 g/mol. The molecule has 24 heavy (non-hydrogen) atoms. The normalized spacial score (nSPS) is 13.1. The fraction of sp³-hybridized carbons (Fsp3) is 0.278. The second-order valence-corrected chi connectivity index (χ2v) is 7.05. The predicted octanol–water partition coefficient (Wildman–Crippen LogP) is 2.64. The molecule has 3 N–H and O–H groups in total. The van der Waals surface area contributed by atoms with Gasteiger partial charge in [-0.15, -0.1) is 0 Å². The van der Waals surface area contributed by atoms with Gasteiger partial charge in [-0.1, -0.05) is 42.5 Å². The number of benzene rings is 2. The van der Waals surface area contributed by atoms with Crippen LogP contribution in [0.25, 0.3) is 0 Å². The highest BCUT2D eigenvalue weighted by atomic mass is 32.2. The van der Waals surface area contributed by atoms with Crippen LogP contribution in [0, 0.1) is 0 Å². The highest BCUT2D eigenvalue weighted by molar-refractivity contribution is 7.83. The maximum absolute atomic E-state index is 12.3. The molecule has 0 fully saturated rings. The molecule has 0 aliphatic rings. The number of anilines is 1. The van der Waals surface area contributed by atoms with Gasteiger partial charge in [0, 0.05) is 28.0 Å². The topological polar surface area (TPSA) is 78.4 Å². The SMILES string of the molecule is C[C@@H](CO)NC(=O)Nc1cccc(C[S@](=O)Cc2ccccc2)c1. The molecule has 2 rings (SSSR count). The molecule has 0 heterocycles. The van der Waals surface area contributed by atoms with Gasteiger partial charge in [-0.2, -0.15) is 0 Å². The van der Waals surface area contributed by atoms with Crippen molar-refractivity contribution in [3.05, 3.63) is 65.7 Å². The summed E-state index contributed by atoms with van der Waals surface area (Å²) in [5.74, 6) is 0.937. The number of nitrogens with one attached hydrogen (secondary N) is 2. The Morgan fingerprint density at radius 2 is 1.75 bits per heavy atom. The molecule has 2 aromatic rings. The van der Waals surface area contributed by atoms with Crippen LogP contribution in [0.15, 0.2) is 54.6 Å². The van der Waals surface area contributed by atoms with E-state index in [4.69, 9.17) is 5.11 Å². The second-order valence-electron chi connectivity index (χ2n) is 5.60. The van der Waals surface area contributed by atoms with Crippen LogP contribution in [0.1, 0.15) is 18.1 Å². The van der Waals surface area contributed by atoms with E-state index < -0.39 is 10.8 Å². The molecular formula is C18H22N2O3S. The van der Waals surface area contributed by atoms with E-state index in [1.807, 2.05) is 48.5 Å². The molecule has 2 atom stereocenters. The second kappa shape index (κ2) is 9.20. The van der Waals surface area contributed by atoms with Crippen LogP contribution < -0.4 is 10.6 Å². The molecule has 0 unspecified atom stereocenters. The lowest BCUT2D eigenvalue weighted by atomic mass is 10.2. The summed E-state index contributed by atoms with van der Waals surface area (Å²) in [6, 6.07) is 16.3. The number of carbonyl (C=O) groups excluding carboxylic acids is 1. The highest BCUT2D eigenvalue weighted by Gasteiger charge is 2.08. The summed E-state index contributed by atoms with van der Waals surface area (Å²) in [6.45, 7) is 1.59. The average Bonchev–Trinajstić information content (AvgIpc) is 2.55. The number of amides is 2. The van der Waals surface area contributed by atoms with Crippen molar-refractivity contribution in [2.24, 2.45) is 0 Å². The minimum absolute atomic E-state index is 0.119. The summed E-state index contributed by atoms with van der Waals surface area (Å²) in [7, 11) is -1.01. The molecular weight excluding hydrogens is 324 g/mol. The third kappa shape index (κ3) is 6.14. The molecule has 5 nitrogen and oxygen atoms in total. The van der Waals surface area contributed by atoms with Crippen molar-refractivity contribution in [1.82, 2.24) is 5.32 Å². The summed E-state index contributed by atoms with van der Waals surface area (Å²) in [5, 5.41) is 14.3. The van der Waals surface area contributed by atoms with E-state index in [0.29, 0.717) is 17.2 Å². The van der Waals surface area contributed by atoms with Crippen molar-refractivity contribution in [3.63, 3.8) is 0 Å². The fourth-order valence-electron chi connectivity index (χ4n) is 2.17. The Hall–Kier alpha value is -2.18. The van der Waals surface area contributed by atoms with Crippen molar-refractivity contribution in [3.8, 4) is 0 Å². The Labute approximate surface area is 144 Å². The monoisotopic (exact) mass is 346 g/mol. The summed E-state index contributed by atoms with van der Waals surface area (Å²) in [4.78, 5) is 11.8. The van der Waals surface area contributed by atoms with Crippen molar-refractivity contribution in [2.75, 3.05) is 11.9 Å². The van der Waals surface area contributed by atoms with Gasteiger partial charge in [0.05, 0.1) is 12.6 Å². The zero-order valence-corrected chi connectivity index (χ0v) is 14.4. The van der Waals surface area contributed by atoms with Crippen LogP contribution in [0.3, 0.4) is 0 Å². The first-order chi connectivity index (χ1) is 11.6. The van der Waals surface area contributed by atoms with E-state index in [1.165, 1.54) is 0 Å². The summed E-state index contributed by atoms with van der Waals surface area (Å²) >= 11 is 0. The van der Waals surface area contributed by atoms with Crippen molar-refractivity contribution < 1.29 is 14.1 Å². The molecule has 128 valence electrons. The maximum atomic E-state index is 12.3. The molecule has 0 spiro atoms. The largest absolute Gasteiger partial charge is 0.394 e. The van der Waals surface area contributed by atoms with Gasteiger partial charge in [0.1, 0.15) is 0 Å². The molecule has 6 heteroatoms. The number of aliphatic hydroxyl groups is 1. The van der Waals surface area contributed by atoms with Crippen molar-refractivity contribution in [1.29, 1.82) is 0 Å². The summed E-state index contributed by atoms with van der Waals surface area (Å²) in [5.41, 5.74) is 2.58. The molecule has 0 aliphatic heterocycles. The van der Waals surface area contributed by atoms with Gasteiger partial charge in [0.2, 0.25) is 0 Å². The third-order valence-electron chi connectivity index (χ3n) is 3.33. The van der Waals surface area contributed by atoms with Gasteiger partial charge in [-0.05, 0) is 30.2 Å². The molecule has 0 radical (unpaired) electrons. The van der Waals surface area contributed by atoms with E-state index in [2.05, 4.69) is 10.6 Å². The number of hydrogen-bond acceptors (Lipinski definition) is 3. The van der Waals surface area contributed by atoms with E-state index in [1.54, 1.807) is 13.0 Å². The van der Waals surface area contributed by atoms with E-state index in [0.717, 1.165) is 11.1 Å². The van der Waals surface area contributed by atoms with Crippen molar-refractivity contribution >= 4 is 22.5 Å². The molecule has 0 saturated carbocycles. The zero-order valence-electron chi connectivity index (χ0n) is 13.6. The fourth-order valence-corrected chi connectivity index (χ4v) is 3.39. The molecule has 0 aromatic heterocycles. The quantitative estimate of drug-likeness (QED) is 0.721. The first-order valence-electron chi connectivity index (χ1n) is 7.73. The van der Waals surface area contributed by atoms with Crippen LogP contribution in [0.5, 0.6) is 0 Å². The van der Waals surface area contributed by atoms with E-state index in [9.17, 15) is 9.00 Å². The van der Waals surface area contributed by atoms with Gasteiger partial charge in [0.25, 0.3) is 0 Å². The number of aliphatic hydroxyl groups excluding tert-OH is 1. The van der Waals surface area contributed by atoms with Crippen LogP contribution in [0.4, 0.5) is 10.5 Å². The Kier molecular flexibility index (Phi) is 6.96. The summed E-state index contributed by atoms with van der Waals surface area (Å²) in [6.07, 6.45) is 0. The minimum atomic E-state index is -1.01. The number of urea groups is 1. The Morgan fingerprint density at radius 3 is 2.46 bits per heavy atom. The van der Waals surface area contributed by atoms with Gasteiger partial charge in [-0.3, -0.25) is 4.21 Å². The van der Waals surface area contributed by atoms with E-state index in [-0.39, 0.29) is 18.7 Å². The van der Waals surface area contributed by atoms with Crippen LogP contribution in [0.2, 0.25) is 0 Å². The molecule has 0 bridgehead atoms. The third-order valence-corrected chi connectivity index (χ3v) is 4.64. The van der Waals surface area contributed by atoms with Crippen LogP contribution in [-0.2, 0) is 22.3 Å². The first-order valence-corrected chi connectivity index (χ1v) is 9.22. The first kappa shape index (κ1) is 18.2. The smallest absolute Gasteiger partial charge is 0.319 e. The molecule has 2 amide bonds. The van der Waals surface area contributed by atoms with Gasteiger partial charge in [-0.25, -0.2) is 4.79 Å².